The summed E-state index contributed by atoms with van der Waals surface area (Å²) in [4.78, 5) is 28.0. The minimum absolute atomic E-state index is 0.00724. The summed E-state index contributed by atoms with van der Waals surface area (Å²) in [5.74, 6) is -0.153. The van der Waals surface area contributed by atoms with Gasteiger partial charge in [0.25, 0.3) is 0 Å². The lowest BCUT2D eigenvalue weighted by molar-refractivity contribution is -0.121. The van der Waals surface area contributed by atoms with E-state index in [4.69, 9.17) is 10.5 Å². The summed E-state index contributed by atoms with van der Waals surface area (Å²) >= 11 is 0. The third-order valence-electron chi connectivity index (χ3n) is 4.24. The number of hydrogen-bond donors (Lipinski definition) is 3. The van der Waals surface area contributed by atoms with Gasteiger partial charge in [0.15, 0.2) is 0 Å². The van der Waals surface area contributed by atoms with Gasteiger partial charge in [-0.15, -0.1) is 0 Å². The van der Waals surface area contributed by atoms with Crippen LogP contribution in [0.25, 0.3) is 0 Å². The van der Waals surface area contributed by atoms with Crippen molar-refractivity contribution in [2.45, 2.75) is 19.0 Å². The van der Waals surface area contributed by atoms with E-state index in [1.54, 1.807) is 36.5 Å². The van der Waals surface area contributed by atoms with Crippen LogP contribution in [0.5, 0.6) is 11.6 Å². The van der Waals surface area contributed by atoms with E-state index in [2.05, 4.69) is 15.6 Å². The van der Waals surface area contributed by atoms with Crippen molar-refractivity contribution in [1.29, 1.82) is 0 Å². The average Bonchev–Trinajstić information content (AvgIpc) is 2.73. The van der Waals surface area contributed by atoms with Gasteiger partial charge in [-0.2, -0.15) is 0 Å². The van der Waals surface area contributed by atoms with E-state index < -0.39 is 17.9 Å². The maximum Gasteiger partial charge on any atom is 0.312 e. The lowest BCUT2D eigenvalue weighted by atomic mass is 10.0. The molecule has 0 bridgehead atoms. The molecule has 3 rings (SSSR count). The molecule has 8 heteroatoms. The Morgan fingerprint density at radius 3 is 2.60 bits per heavy atom. The third-order valence-corrected chi connectivity index (χ3v) is 4.24. The number of hydrogen-bond acceptors (Lipinski definition) is 4. The predicted molar refractivity (Wildman–Crippen MR) is 109 cm³/mol. The molecule has 1 aromatic heterocycles. The lowest BCUT2D eigenvalue weighted by Gasteiger charge is -2.18. The Bertz CT molecular complexity index is 1010. The molecule has 0 spiro atoms. The highest BCUT2D eigenvalue weighted by molar-refractivity contribution is 5.78. The molecule has 0 radical (unpaired) electrons. The van der Waals surface area contributed by atoms with E-state index in [0.29, 0.717) is 11.3 Å². The molecule has 7 nitrogen and oxygen atoms in total. The Balaban J connectivity index is 1.64. The van der Waals surface area contributed by atoms with E-state index >= 15 is 0 Å². The highest BCUT2D eigenvalue weighted by Crippen LogP contribution is 2.23. The number of pyridine rings is 1. The fourth-order valence-corrected chi connectivity index (χ4v) is 2.85. The molecule has 1 atom stereocenters. The summed E-state index contributed by atoms with van der Waals surface area (Å²) in [6, 6.07) is 17.0. The smallest absolute Gasteiger partial charge is 0.312 e. The fourth-order valence-electron chi connectivity index (χ4n) is 2.85. The second-order valence-electron chi connectivity index (χ2n) is 6.48. The van der Waals surface area contributed by atoms with Gasteiger partial charge in [0.1, 0.15) is 11.6 Å². The highest BCUT2D eigenvalue weighted by Gasteiger charge is 2.17. The van der Waals surface area contributed by atoms with Gasteiger partial charge < -0.3 is 21.1 Å². The number of carbonyl (C=O) groups excluding carboxylic acids is 2. The Kier molecular flexibility index (Phi) is 6.94. The van der Waals surface area contributed by atoms with E-state index in [1.165, 1.54) is 18.2 Å². The number of rotatable bonds is 8. The van der Waals surface area contributed by atoms with Crippen LogP contribution in [-0.4, -0.2) is 16.9 Å². The van der Waals surface area contributed by atoms with E-state index in [-0.39, 0.29) is 24.8 Å². The summed E-state index contributed by atoms with van der Waals surface area (Å²) in [6.07, 6.45) is 1.55. The van der Waals surface area contributed by atoms with Gasteiger partial charge in [-0.25, -0.2) is 14.2 Å². The first kappa shape index (κ1) is 20.8. The van der Waals surface area contributed by atoms with Crippen LogP contribution in [0, 0.1) is 5.82 Å². The molecule has 3 amide bonds. The van der Waals surface area contributed by atoms with E-state index in [1.807, 2.05) is 18.2 Å². The number of carbonyl (C=O) groups is 2. The molecule has 0 aliphatic carbocycles. The first-order chi connectivity index (χ1) is 14.5. The molecule has 0 saturated heterocycles. The molecule has 2 aromatic carbocycles. The Hall–Kier alpha value is -3.94. The second kappa shape index (κ2) is 10.0. The number of aromatic nitrogens is 1. The van der Waals surface area contributed by atoms with Crippen LogP contribution in [0.3, 0.4) is 0 Å². The minimum atomic E-state index is -0.713. The summed E-state index contributed by atoms with van der Waals surface area (Å²) in [6.45, 7) is 0.148. The van der Waals surface area contributed by atoms with Gasteiger partial charge in [0.2, 0.25) is 11.8 Å². The molecule has 0 unspecified atom stereocenters. The molecule has 154 valence electrons. The number of nitrogens with one attached hydrogen (secondary N) is 2. The monoisotopic (exact) mass is 408 g/mol. The zero-order valence-electron chi connectivity index (χ0n) is 16.0. The number of amides is 3. The number of ether oxygens (including phenoxy) is 1. The van der Waals surface area contributed by atoms with Crippen LogP contribution < -0.4 is 21.1 Å². The maximum atomic E-state index is 13.4. The molecule has 0 fully saturated rings. The standard InChI is InChI=1S/C22H21FN4O3/c23-17-9-4-10-18(12-17)30-21-16(8-5-11-25-21)14-26-20(28)13-19(27-22(24)29)15-6-2-1-3-7-15/h1-12,19H,13-14H2,(H,26,28)(H3,24,27,29)/t19-/m0/s1. The van der Waals surface area contributed by atoms with E-state index in [0.717, 1.165) is 5.56 Å². The number of primary amides is 1. The van der Waals surface area contributed by atoms with Crippen LogP contribution in [-0.2, 0) is 11.3 Å². The van der Waals surface area contributed by atoms with Crippen LogP contribution in [0.2, 0.25) is 0 Å². The second-order valence-corrected chi connectivity index (χ2v) is 6.48. The number of urea groups is 1. The van der Waals surface area contributed by atoms with Crippen molar-refractivity contribution in [2.75, 3.05) is 0 Å². The maximum absolute atomic E-state index is 13.4. The molecular formula is C22H21FN4O3. The number of benzene rings is 2. The van der Waals surface area contributed by atoms with Crippen molar-refractivity contribution in [2.24, 2.45) is 5.73 Å². The van der Waals surface area contributed by atoms with Crippen LogP contribution in [0.15, 0.2) is 72.9 Å². The number of nitrogens with two attached hydrogens (primary N) is 1. The van der Waals surface area contributed by atoms with E-state index in [9.17, 15) is 14.0 Å². The van der Waals surface area contributed by atoms with Gasteiger partial charge in [0.05, 0.1) is 12.5 Å². The van der Waals surface area contributed by atoms with Gasteiger partial charge in [-0.1, -0.05) is 42.5 Å². The van der Waals surface area contributed by atoms with Crippen LogP contribution >= 0.6 is 0 Å². The predicted octanol–water partition coefficient (Wildman–Crippen LogP) is 3.43. The number of halogens is 1. The Morgan fingerprint density at radius 2 is 1.87 bits per heavy atom. The van der Waals surface area contributed by atoms with Crippen molar-refractivity contribution >= 4 is 11.9 Å². The van der Waals surface area contributed by atoms with Crippen molar-refractivity contribution in [3.05, 3.63) is 89.9 Å². The summed E-state index contributed by atoms with van der Waals surface area (Å²) in [5, 5.41) is 5.36. The van der Waals surface area contributed by atoms with Crippen molar-refractivity contribution in [1.82, 2.24) is 15.6 Å². The fraction of sp³-hybridized carbons (Fsp3) is 0.136. The molecular weight excluding hydrogens is 387 g/mol. The molecule has 3 aromatic rings. The van der Waals surface area contributed by atoms with Crippen LogP contribution in [0.1, 0.15) is 23.6 Å². The topological polar surface area (TPSA) is 106 Å². The van der Waals surface area contributed by atoms with Crippen molar-refractivity contribution < 1.29 is 18.7 Å². The quantitative estimate of drug-likeness (QED) is 0.531. The summed E-state index contributed by atoms with van der Waals surface area (Å²) in [5.41, 5.74) is 6.63. The minimum Gasteiger partial charge on any atom is -0.439 e. The Morgan fingerprint density at radius 1 is 1.07 bits per heavy atom. The first-order valence-electron chi connectivity index (χ1n) is 9.26. The van der Waals surface area contributed by atoms with Crippen molar-refractivity contribution in [3.8, 4) is 11.6 Å². The molecule has 0 saturated carbocycles. The molecule has 4 N–H and O–H groups in total. The van der Waals surface area contributed by atoms with Gasteiger partial charge in [0, 0.05) is 24.4 Å². The first-order valence-corrected chi connectivity index (χ1v) is 9.26. The summed E-state index contributed by atoms with van der Waals surface area (Å²) < 4.78 is 19.0. The largest absolute Gasteiger partial charge is 0.439 e. The zero-order chi connectivity index (χ0) is 21.3. The SMILES string of the molecule is NC(=O)N[C@@H](CC(=O)NCc1cccnc1Oc1cccc(F)c1)c1ccccc1. The zero-order valence-corrected chi connectivity index (χ0v) is 16.0. The summed E-state index contributed by atoms with van der Waals surface area (Å²) in [7, 11) is 0. The number of nitrogens with zero attached hydrogens (tertiary/aromatic N) is 1. The normalized spacial score (nSPS) is 11.4. The highest BCUT2D eigenvalue weighted by atomic mass is 19.1. The van der Waals surface area contributed by atoms with Crippen molar-refractivity contribution in [3.63, 3.8) is 0 Å². The van der Waals surface area contributed by atoms with Gasteiger partial charge >= 0.3 is 6.03 Å². The molecule has 1 heterocycles. The van der Waals surface area contributed by atoms with Gasteiger partial charge in [-0.05, 0) is 23.8 Å². The molecule has 0 aliphatic rings. The van der Waals surface area contributed by atoms with Gasteiger partial charge in [-0.3, -0.25) is 4.79 Å². The third kappa shape index (κ3) is 6.03. The lowest BCUT2D eigenvalue weighted by Crippen LogP contribution is -2.36. The Labute approximate surface area is 173 Å². The molecule has 30 heavy (non-hydrogen) atoms. The molecule has 0 aliphatic heterocycles. The van der Waals surface area contributed by atoms with Crippen LogP contribution in [0.4, 0.5) is 9.18 Å². The average molecular weight is 408 g/mol.